The minimum Gasteiger partial charge on any atom is -0.237 e. The van der Waals surface area contributed by atoms with Crippen LogP contribution in [0.3, 0.4) is 0 Å². The molecule has 0 atom stereocenters. The standard InChI is InChI=1S/C14H11F3N4/c1-2-9-5-7-19-12-10(9)8-20-21(12)13-11(14(15,16)17)4-3-6-18-13/h3-8H,2H2,1H3. The Balaban J connectivity index is 2.28. The van der Waals surface area contributed by atoms with E-state index in [-0.39, 0.29) is 5.82 Å². The van der Waals surface area contributed by atoms with E-state index in [0.29, 0.717) is 5.65 Å². The predicted octanol–water partition coefficient (Wildman–Crippen LogP) is 3.40. The number of halogens is 3. The molecule has 0 amide bonds. The highest BCUT2D eigenvalue weighted by Gasteiger charge is 2.35. The van der Waals surface area contributed by atoms with E-state index in [9.17, 15) is 13.2 Å². The second-order valence-corrected chi connectivity index (χ2v) is 4.49. The van der Waals surface area contributed by atoms with Crippen LogP contribution in [0.4, 0.5) is 13.2 Å². The SMILES string of the molecule is CCc1ccnc2c1cnn2-c1ncccc1C(F)(F)F. The molecular weight excluding hydrogens is 281 g/mol. The second-order valence-electron chi connectivity index (χ2n) is 4.49. The Morgan fingerprint density at radius 3 is 2.67 bits per heavy atom. The molecule has 3 rings (SSSR count). The van der Waals surface area contributed by atoms with Crippen molar-refractivity contribution >= 4 is 11.0 Å². The molecule has 0 aliphatic carbocycles. The molecule has 0 aliphatic heterocycles. The average molecular weight is 292 g/mol. The summed E-state index contributed by atoms with van der Waals surface area (Å²) in [5.74, 6) is -0.263. The number of alkyl halides is 3. The first-order valence-corrected chi connectivity index (χ1v) is 6.36. The van der Waals surface area contributed by atoms with Gasteiger partial charge >= 0.3 is 6.18 Å². The Bertz CT molecular complexity index is 792. The Morgan fingerprint density at radius 2 is 1.95 bits per heavy atom. The first kappa shape index (κ1) is 13.5. The molecule has 0 fully saturated rings. The molecule has 0 N–H and O–H groups in total. The van der Waals surface area contributed by atoms with E-state index in [1.165, 1.54) is 18.5 Å². The Labute approximate surface area is 118 Å². The van der Waals surface area contributed by atoms with Crippen LogP contribution < -0.4 is 0 Å². The van der Waals surface area contributed by atoms with Gasteiger partial charge in [0.2, 0.25) is 0 Å². The smallest absolute Gasteiger partial charge is 0.237 e. The number of fused-ring (bicyclic) bond motifs is 1. The van der Waals surface area contributed by atoms with Gasteiger partial charge in [0.25, 0.3) is 0 Å². The molecule has 0 radical (unpaired) electrons. The molecule has 0 unspecified atom stereocenters. The molecule has 21 heavy (non-hydrogen) atoms. The lowest BCUT2D eigenvalue weighted by molar-refractivity contribution is -0.137. The summed E-state index contributed by atoms with van der Waals surface area (Å²) in [6, 6.07) is 4.07. The van der Waals surface area contributed by atoms with Gasteiger partial charge in [-0.05, 0) is 30.2 Å². The summed E-state index contributed by atoms with van der Waals surface area (Å²) in [4.78, 5) is 7.98. The summed E-state index contributed by atoms with van der Waals surface area (Å²) >= 11 is 0. The Hall–Kier alpha value is -2.44. The van der Waals surface area contributed by atoms with Gasteiger partial charge in [-0.15, -0.1) is 0 Å². The minimum atomic E-state index is -4.50. The van der Waals surface area contributed by atoms with E-state index in [4.69, 9.17) is 0 Å². The van der Waals surface area contributed by atoms with Crippen molar-refractivity contribution < 1.29 is 13.2 Å². The lowest BCUT2D eigenvalue weighted by atomic mass is 10.1. The fraction of sp³-hybridized carbons (Fsp3) is 0.214. The summed E-state index contributed by atoms with van der Waals surface area (Å²) < 4.78 is 40.4. The molecule has 4 nitrogen and oxygen atoms in total. The number of hydrogen-bond acceptors (Lipinski definition) is 3. The maximum atomic E-state index is 13.1. The van der Waals surface area contributed by atoms with E-state index in [1.807, 2.05) is 13.0 Å². The zero-order valence-corrected chi connectivity index (χ0v) is 11.1. The summed E-state index contributed by atoms with van der Waals surface area (Å²) in [5, 5.41) is 4.77. The molecule has 7 heteroatoms. The van der Waals surface area contributed by atoms with Crippen molar-refractivity contribution in [3.63, 3.8) is 0 Å². The molecule has 3 aromatic heterocycles. The third kappa shape index (κ3) is 2.24. The highest BCUT2D eigenvalue weighted by Crippen LogP contribution is 2.33. The van der Waals surface area contributed by atoms with Crippen molar-refractivity contribution in [3.05, 3.63) is 47.9 Å². The molecule has 3 aromatic rings. The number of rotatable bonds is 2. The number of pyridine rings is 2. The fourth-order valence-electron chi connectivity index (χ4n) is 2.23. The monoisotopic (exact) mass is 292 g/mol. The number of nitrogens with zero attached hydrogens (tertiary/aromatic N) is 4. The average Bonchev–Trinajstić information content (AvgIpc) is 2.90. The van der Waals surface area contributed by atoms with Crippen LogP contribution in [0.25, 0.3) is 16.9 Å². The van der Waals surface area contributed by atoms with E-state index in [1.54, 1.807) is 6.20 Å². The van der Waals surface area contributed by atoms with Crippen LogP contribution in [0.15, 0.2) is 36.8 Å². The van der Waals surface area contributed by atoms with E-state index in [0.717, 1.165) is 28.1 Å². The van der Waals surface area contributed by atoms with Gasteiger partial charge in [0.05, 0.1) is 6.20 Å². The zero-order valence-electron chi connectivity index (χ0n) is 11.1. The van der Waals surface area contributed by atoms with Gasteiger partial charge in [-0.1, -0.05) is 6.92 Å². The Morgan fingerprint density at radius 1 is 1.14 bits per heavy atom. The molecule has 0 saturated carbocycles. The van der Waals surface area contributed by atoms with Gasteiger partial charge in [0.1, 0.15) is 5.56 Å². The lowest BCUT2D eigenvalue weighted by Gasteiger charge is -2.11. The van der Waals surface area contributed by atoms with Crippen LogP contribution in [-0.2, 0) is 12.6 Å². The largest absolute Gasteiger partial charge is 0.420 e. The quantitative estimate of drug-likeness (QED) is 0.727. The number of aromatic nitrogens is 4. The lowest BCUT2D eigenvalue weighted by Crippen LogP contribution is -2.13. The molecule has 0 bridgehead atoms. The summed E-state index contributed by atoms with van der Waals surface area (Å²) in [6.07, 6.45) is 0.649. The first-order valence-electron chi connectivity index (χ1n) is 6.36. The van der Waals surface area contributed by atoms with Crippen LogP contribution in [0.2, 0.25) is 0 Å². The minimum absolute atomic E-state index is 0.263. The van der Waals surface area contributed by atoms with Crippen molar-refractivity contribution in [3.8, 4) is 5.82 Å². The van der Waals surface area contributed by atoms with Gasteiger partial charge in [0, 0.05) is 17.8 Å². The molecule has 0 spiro atoms. The van der Waals surface area contributed by atoms with Gasteiger partial charge < -0.3 is 0 Å². The summed E-state index contributed by atoms with van der Waals surface area (Å²) in [6.45, 7) is 1.97. The van der Waals surface area contributed by atoms with E-state index >= 15 is 0 Å². The van der Waals surface area contributed by atoms with Crippen LogP contribution in [0.1, 0.15) is 18.1 Å². The topological polar surface area (TPSA) is 43.6 Å². The number of aryl methyl sites for hydroxylation is 1. The van der Waals surface area contributed by atoms with Crippen molar-refractivity contribution in [1.82, 2.24) is 19.7 Å². The third-order valence-electron chi connectivity index (χ3n) is 3.24. The van der Waals surface area contributed by atoms with Crippen LogP contribution in [0.5, 0.6) is 0 Å². The van der Waals surface area contributed by atoms with E-state index < -0.39 is 11.7 Å². The van der Waals surface area contributed by atoms with Gasteiger partial charge in [-0.2, -0.15) is 23.0 Å². The normalized spacial score (nSPS) is 12.0. The zero-order chi connectivity index (χ0) is 15.0. The molecule has 0 aliphatic rings. The van der Waals surface area contributed by atoms with E-state index in [2.05, 4.69) is 15.1 Å². The van der Waals surface area contributed by atoms with Crippen LogP contribution >= 0.6 is 0 Å². The van der Waals surface area contributed by atoms with Crippen molar-refractivity contribution in [2.45, 2.75) is 19.5 Å². The van der Waals surface area contributed by atoms with Crippen molar-refractivity contribution in [2.24, 2.45) is 0 Å². The fourth-order valence-corrected chi connectivity index (χ4v) is 2.23. The first-order chi connectivity index (χ1) is 10.0. The maximum absolute atomic E-state index is 13.1. The number of hydrogen-bond donors (Lipinski definition) is 0. The summed E-state index contributed by atoms with van der Waals surface area (Å²) in [5.41, 5.74) is 0.521. The van der Waals surface area contributed by atoms with Gasteiger partial charge in [-0.3, -0.25) is 0 Å². The highest BCUT2D eigenvalue weighted by molar-refractivity contribution is 5.79. The Kier molecular flexibility index (Phi) is 3.12. The molecule has 3 heterocycles. The molecular formula is C14H11F3N4. The molecule has 0 aromatic carbocycles. The second kappa shape index (κ2) is 4.83. The highest BCUT2D eigenvalue weighted by atomic mass is 19.4. The third-order valence-corrected chi connectivity index (χ3v) is 3.24. The van der Waals surface area contributed by atoms with Gasteiger partial charge in [0.15, 0.2) is 11.5 Å². The molecule has 0 saturated heterocycles. The van der Waals surface area contributed by atoms with Crippen molar-refractivity contribution in [1.29, 1.82) is 0 Å². The maximum Gasteiger partial charge on any atom is 0.420 e. The van der Waals surface area contributed by atoms with Crippen LogP contribution in [0, 0.1) is 0 Å². The summed E-state index contributed by atoms with van der Waals surface area (Å²) in [7, 11) is 0. The predicted molar refractivity (Wildman–Crippen MR) is 71.0 cm³/mol. The van der Waals surface area contributed by atoms with Crippen LogP contribution in [-0.4, -0.2) is 19.7 Å². The van der Waals surface area contributed by atoms with Gasteiger partial charge in [-0.25, -0.2) is 9.97 Å². The van der Waals surface area contributed by atoms with Crippen molar-refractivity contribution in [2.75, 3.05) is 0 Å². The molecule has 108 valence electrons.